The van der Waals surface area contributed by atoms with Crippen molar-refractivity contribution in [1.82, 2.24) is 10.2 Å². The van der Waals surface area contributed by atoms with Crippen LogP contribution in [0.25, 0.3) is 0 Å². The summed E-state index contributed by atoms with van der Waals surface area (Å²) in [5, 5.41) is 2.91. The third-order valence-corrected chi connectivity index (χ3v) is 4.26. The van der Waals surface area contributed by atoms with Crippen molar-refractivity contribution in [3.05, 3.63) is 0 Å². The Morgan fingerprint density at radius 1 is 1.29 bits per heavy atom. The van der Waals surface area contributed by atoms with Gasteiger partial charge in [-0.3, -0.25) is 9.59 Å². The molecule has 122 valence electrons. The summed E-state index contributed by atoms with van der Waals surface area (Å²) in [6.07, 6.45) is 4.28. The van der Waals surface area contributed by atoms with E-state index in [0.717, 1.165) is 25.7 Å². The first-order chi connectivity index (χ1) is 10.1. The molecule has 0 bridgehead atoms. The molecule has 0 aromatic heterocycles. The van der Waals surface area contributed by atoms with Gasteiger partial charge < -0.3 is 15.0 Å². The summed E-state index contributed by atoms with van der Waals surface area (Å²) in [6.45, 7) is 7.47. The van der Waals surface area contributed by atoms with Gasteiger partial charge in [-0.2, -0.15) is 0 Å². The van der Waals surface area contributed by atoms with Gasteiger partial charge in [0.1, 0.15) is 12.1 Å². The quantitative estimate of drug-likeness (QED) is 0.662. The van der Waals surface area contributed by atoms with Gasteiger partial charge in [-0.05, 0) is 25.2 Å². The molecule has 5 heteroatoms. The third-order valence-electron chi connectivity index (χ3n) is 4.26. The fourth-order valence-corrected chi connectivity index (χ4v) is 2.85. The minimum atomic E-state index is -0.342. The van der Waals surface area contributed by atoms with Crippen LogP contribution in [0.3, 0.4) is 0 Å². The van der Waals surface area contributed by atoms with E-state index in [2.05, 4.69) is 12.2 Å². The zero-order chi connectivity index (χ0) is 15.8. The van der Waals surface area contributed by atoms with Gasteiger partial charge in [0.05, 0.1) is 0 Å². The highest BCUT2D eigenvalue weighted by molar-refractivity contribution is 5.97. The smallest absolute Gasteiger partial charge is 0.245 e. The molecule has 0 aromatic rings. The normalized spacial score (nSPS) is 24.1. The Hall–Kier alpha value is -1.10. The molecule has 21 heavy (non-hydrogen) atoms. The Kier molecular flexibility index (Phi) is 7.72. The fraction of sp³-hybridized carbons (Fsp3) is 0.875. The molecule has 0 aromatic carbocycles. The van der Waals surface area contributed by atoms with Crippen LogP contribution in [-0.4, -0.2) is 49.1 Å². The van der Waals surface area contributed by atoms with Crippen LogP contribution < -0.4 is 5.32 Å². The van der Waals surface area contributed by atoms with E-state index in [-0.39, 0.29) is 29.8 Å². The minimum absolute atomic E-state index is 0.00846. The van der Waals surface area contributed by atoms with Crippen LogP contribution in [0.5, 0.6) is 0 Å². The van der Waals surface area contributed by atoms with E-state index in [9.17, 15) is 9.59 Å². The highest BCUT2D eigenvalue weighted by Gasteiger charge is 2.41. The van der Waals surface area contributed by atoms with Gasteiger partial charge in [-0.15, -0.1) is 0 Å². The second kappa shape index (κ2) is 9.03. The summed E-state index contributed by atoms with van der Waals surface area (Å²) >= 11 is 0. The number of unbranched alkanes of at least 4 members (excludes halogenated alkanes) is 1. The zero-order valence-electron chi connectivity index (χ0n) is 13.9. The first-order valence-electron chi connectivity index (χ1n) is 8.16. The summed E-state index contributed by atoms with van der Waals surface area (Å²) < 4.78 is 5.05. The number of amides is 2. The number of carbonyl (C=O) groups excluding carboxylic acids is 2. The Bertz CT molecular complexity index is 346. The second-order valence-corrected chi connectivity index (χ2v) is 5.91. The molecule has 0 saturated carbocycles. The standard InChI is InChI=1S/C16H30N2O3/c1-5-9-13-16(20)18(10-7-8-11-21-4)14(12(3)6-2)15(19)17-13/h12-14H,5-11H2,1-4H3,(H,17,19). The number of piperazine rings is 1. The second-order valence-electron chi connectivity index (χ2n) is 5.91. The number of methoxy groups -OCH3 is 1. The molecule has 3 atom stereocenters. The van der Waals surface area contributed by atoms with Crippen LogP contribution in [-0.2, 0) is 14.3 Å². The summed E-state index contributed by atoms with van der Waals surface area (Å²) in [5.41, 5.74) is 0. The van der Waals surface area contributed by atoms with E-state index >= 15 is 0 Å². The lowest BCUT2D eigenvalue weighted by Crippen LogP contribution is -2.65. The minimum Gasteiger partial charge on any atom is -0.385 e. The van der Waals surface area contributed by atoms with Crippen molar-refractivity contribution in [2.45, 2.75) is 65.0 Å². The molecule has 1 N–H and O–H groups in total. The van der Waals surface area contributed by atoms with Gasteiger partial charge in [0.15, 0.2) is 0 Å². The van der Waals surface area contributed by atoms with Crippen molar-refractivity contribution in [3.8, 4) is 0 Å². The van der Waals surface area contributed by atoms with Crippen molar-refractivity contribution in [1.29, 1.82) is 0 Å². The first-order valence-corrected chi connectivity index (χ1v) is 8.16. The Labute approximate surface area is 128 Å². The summed E-state index contributed by atoms with van der Waals surface area (Å²) in [7, 11) is 1.68. The van der Waals surface area contributed by atoms with E-state index in [1.807, 2.05) is 18.7 Å². The molecule has 1 fully saturated rings. The predicted molar refractivity (Wildman–Crippen MR) is 82.9 cm³/mol. The molecule has 2 amide bonds. The number of carbonyl (C=O) groups is 2. The molecular formula is C16H30N2O3. The molecule has 3 unspecified atom stereocenters. The van der Waals surface area contributed by atoms with E-state index in [0.29, 0.717) is 19.6 Å². The van der Waals surface area contributed by atoms with Gasteiger partial charge >= 0.3 is 0 Å². The molecule has 1 aliphatic rings. The Morgan fingerprint density at radius 2 is 2.00 bits per heavy atom. The van der Waals surface area contributed by atoms with Crippen LogP contribution in [0.4, 0.5) is 0 Å². The fourth-order valence-electron chi connectivity index (χ4n) is 2.85. The summed E-state index contributed by atoms with van der Waals surface area (Å²) in [4.78, 5) is 26.8. The average Bonchev–Trinajstić information content (AvgIpc) is 2.47. The van der Waals surface area contributed by atoms with Gasteiger partial charge in [0, 0.05) is 20.3 Å². The lowest BCUT2D eigenvalue weighted by molar-refractivity contribution is -0.151. The van der Waals surface area contributed by atoms with Gasteiger partial charge in [0.2, 0.25) is 11.8 Å². The van der Waals surface area contributed by atoms with E-state index in [1.54, 1.807) is 7.11 Å². The number of nitrogens with zero attached hydrogens (tertiary/aromatic N) is 1. The maximum atomic E-state index is 12.6. The number of hydrogen-bond donors (Lipinski definition) is 1. The van der Waals surface area contributed by atoms with Crippen molar-refractivity contribution >= 4 is 11.8 Å². The largest absolute Gasteiger partial charge is 0.385 e. The number of hydrogen-bond acceptors (Lipinski definition) is 3. The molecule has 0 radical (unpaired) electrons. The van der Waals surface area contributed by atoms with Crippen LogP contribution in [0, 0.1) is 5.92 Å². The van der Waals surface area contributed by atoms with E-state index < -0.39 is 0 Å². The highest BCUT2D eigenvalue weighted by Crippen LogP contribution is 2.22. The molecule has 0 aliphatic carbocycles. The number of ether oxygens (including phenoxy) is 1. The Morgan fingerprint density at radius 3 is 2.57 bits per heavy atom. The zero-order valence-corrected chi connectivity index (χ0v) is 13.9. The topological polar surface area (TPSA) is 58.6 Å². The first kappa shape index (κ1) is 18.0. The molecule has 5 nitrogen and oxygen atoms in total. The van der Waals surface area contributed by atoms with Crippen LogP contribution in [0.1, 0.15) is 52.9 Å². The number of nitrogens with one attached hydrogen (secondary N) is 1. The molecule has 0 spiro atoms. The van der Waals surface area contributed by atoms with Crippen LogP contribution in [0.2, 0.25) is 0 Å². The maximum Gasteiger partial charge on any atom is 0.245 e. The third kappa shape index (κ3) is 4.70. The monoisotopic (exact) mass is 298 g/mol. The lowest BCUT2D eigenvalue weighted by Gasteiger charge is -2.41. The molecule has 1 rings (SSSR count). The molecule has 1 saturated heterocycles. The lowest BCUT2D eigenvalue weighted by atomic mass is 9.92. The van der Waals surface area contributed by atoms with Crippen molar-refractivity contribution in [3.63, 3.8) is 0 Å². The molecular weight excluding hydrogens is 268 g/mol. The van der Waals surface area contributed by atoms with Crippen LogP contribution >= 0.6 is 0 Å². The Balaban J connectivity index is 2.79. The average molecular weight is 298 g/mol. The number of rotatable bonds is 9. The van der Waals surface area contributed by atoms with E-state index in [1.165, 1.54) is 0 Å². The van der Waals surface area contributed by atoms with E-state index in [4.69, 9.17) is 4.74 Å². The van der Waals surface area contributed by atoms with Gasteiger partial charge in [-0.25, -0.2) is 0 Å². The van der Waals surface area contributed by atoms with Gasteiger partial charge in [0.25, 0.3) is 0 Å². The maximum absolute atomic E-state index is 12.6. The summed E-state index contributed by atoms with van der Waals surface area (Å²) in [5.74, 6) is 0.271. The van der Waals surface area contributed by atoms with Crippen LogP contribution in [0.15, 0.2) is 0 Å². The SMILES string of the molecule is CCCC1NC(=O)C(C(C)CC)N(CCCCOC)C1=O. The van der Waals surface area contributed by atoms with Gasteiger partial charge in [-0.1, -0.05) is 33.6 Å². The highest BCUT2D eigenvalue weighted by atomic mass is 16.5. The van der Waals surface area contributed by atoms with Crippen molar-refractivity contribution in [2.75, 3.05) is 20.3 Å². The molecule has 1 heterocycles. The van der Waals surface area contributed by atoms with Crippen molar-refractivity contribution < 1.29 is 14.3 Å². The summed E-state index contributed by atoms with van der Waals surface area (Å²) in [6, 6.07) is -0.664. The predicted octanol–water partition coefficient (Wildman–Crippen LogP) is 1.95. The molecule has 1 aliphatic heterocycles. The van der Waals surface area contributed by atoms with Crippen molar-refractivity contribution in [2.24, 2.45) is 5.92 Å².